The molecule has 0 fully saturated rings. The summed E-state index contributed by atoms with van der Waals surface area (Å²) in [6, 6.07) is 3.57. The molecule has 1 aromatic rings. The minimum Gasteiger partial charge on any atom is -0.359 e. The zero-order valence-corrected chi connectivity index (χ0v) is 10.9. The van der Waals surface area contributed by atoms with Gasteiger partial charge in [0.25, 0.3) is 0 Å². The minimum atomic E-state index is -0.0671. The molecule has 3 nitrogen and oxygen atoms in total. The Morgan fingerprint density at radius 2 is 2.06 bits per heavy atom. The molecule has 0 saturated heterocycles. The Morgan fingerprint density at radius 3 is 2.56 bits per heavy atom. The summed E-state index contributed by atoms with van der Waals surface area (Å²) in [5.41, 5.74) is 1.54. The van der Waals surface area contributed by atoms with Crippen molar-refractivity contribution in [2.24, 2.45) is 0 Å². The fraction of sp³-hybridized carbons (Fsp3) is 0.500. The van der Waals surface area contributed by atoms with Crippen LogP contribution < -0.4 is 5.32 Å². The van der Waals surface area contributed by atoms with Crippen LogP contribution in [0.3, 0.4) is 0 Å². The quantitative estimate of drug-likeness (QED) is 0.862. The maximum absolute atomic E-state index is 11.3. The number of amides is 1. The molecule has 0 saturated carbocycles. The van der Waals surface area contributed by atoms with Gasteiger partial charge in [-0.2, -0.15) is 0 Å². The summed E-state index contributed by atoms with van der Waals surface area (Å²) in [5, 5.41) is 3.19. The number of hydrogen-bond acceptors (Lipinski definition) is 2. The SMILES string of the molecule is CNC(=O)Cc1cc(Cl)cc(C(C)(C)C)n1. The first-order valence-corrected chi connectivity index (χ1v) is 5.58. The first-order chi connectivity index (χ1) is 7.32. The standard InChI is InChI=1S/C12H17ClN2O/c1-12(2,3)10-6-8(13)5-9(15-10)7-11(16)14-4/h5-6H,7H2,1-4H3,(H,14,16). The van der Waals surface area contributed by atoms with E-state index in [1.54, 1.807) is 13.1 Å². The van der Waals surface area contributed by atoms with Gasteiger partial charge < -0.3 is 5.32 Å². The number of pyridine rings is 1. The van der Waals surface area contributed by atoms with Crippen LogP contribution in [-0.2, 0) is 16.6 Å². The Kier molecular flexibility index (Phi) is 3.92. The number of halogens is 1. The molecule has 0 aliphatic heterocycles. The second-order valence-corrected chi connectivity index (χ2v) is 5.20. The maximum atomic E-state index is 11.3. The molecule has 0 atom stereocenters. The first-order valence-electron chi connectivity index (χ1n) is 5.20. The number of nitrogens with one attached hydrogen (secondary N) is 1. The average Bonchev–Trinajstić information content (AvgIpc) is 2.15. The van der Waals surface area contributed by atoms with Crippen molar-refractivity contribution in [3.8, 4) is 0 Å². The molecule has 0 spiro atoms. The van der Waals surface area contributed by atoms with Gasteiger partial charge in [-0.05, 0) is 12.1 Å². The molecule has 0 aliphatic rings. The van der Waals surface area contributed by atoms with Crippen molar-refractivity contribution < 1.29 is 4.79 Å². The molecule has 0 aliphatic carbocycles. The van der Waals surface area contributed by atoms with Crippen molar-refractivity contribution in [2.75, 3.05) is 7.05 Å². The van der Waals surface area contributed by atoms with E-state index < -0.39 is 0 Å². The van der Waals surface area contributed by atoms with Gasteiger partial charge in [0.1, 0.15) is 0 Å². The van der Waals surface area contributed by atoms with Crippen LogP contribution in [0, 0.1) is 0 Å². The monoisotopic (exact) mass is 240 g/mol. The fourth-order valence-corrected chi connectivity index (χ4v) is 1.51. The molecule has 1 aromatic heterocycles. The normalized spacial score (nSPS) is 11.3. The number of carbonyl (C=O) groups is 1. The van der Waals surface area contributed by atoms with Crippen LogP contribution in [0.4, 0.5) is 0 Å². The second kappa shape index (κ2) is 4.83. The van der Waals surface area contributed by atoms with E-state index in [1.165, 1.54) is 0 Å². The van der Waals surface area contributed by atoms with Crippen LogP contribution in [0.1, 0.15) is 32.2 Å². The number of carbonyl (C=O) groups excluding carboxylic acids is 1. The summed E-state index contributed by atoms with van der Waals surface area (Å²) in [6.45, 7) is 6.19. The van der Waals surface area contributed by atoms with Gasteiger partial charge in [0.15, 0.2) is 0 Å². The van der Waals surface area contributed by atoms with Crippen molar-refractivity contribution >= 4 is 17.5 Å². The van der Waals surface area contributed by atoms with Crippen molar-refractivity contribution in [1.82, 2.24) is 10.3 Å². The highest BCUT2D eigenvalue weighted by Crippen LogP contribution is 2.23. The Labute approximate surface area is 101 Å². The number of aromatic nitrogens is 1. The van der Waals surface area contributed by atoms with Crippen molar-refractivity contribution in [3.05, 3.63) is 28.5 Å². The number of likely N-dealkylation sites (N-methyl/N-ethyl adjacent to an activating group) is 1. The average molecular weight is 241 g/mol. The van der Waals surface area contributed by atoms with Gasteiger partial charge in [-0.3, -0.25) is 9.78 Å². The van der Waals surface area contributed by atoms with E-state index in [2.05, 4.69) is 31.1 Å². The van der Waals surface area contributed by atoms with Crippen LogP contribution in [0.25, 0.3) is 0 Å². The molecule has 1 rings (SSSR count). The van der Waals surface area contributed by atoms with E-state index in [0.29, 0.717) is 10.7 Å². The largest absolute Gasteiger partial charge is 0.359 e. The summed E-state index contributed by atoms with van der Waals surface area (Å²) in [7, 11) is 1.61. The second-order valence-electron chi connectivity index (χ2n) is 4.76. The van der Waals surface area contributed by atoms with Crippen molar-refractivity contribution in [3.63, 3.8) is 0 Å². The van der Waals surface area contributed by atoms with Gasteiger partial charge in [-0.15, -0.1) is 0 Å². The van der Waals surface area contributed by atoms with Crippen molar-refractivity contribution in [2.45, 2.75) is 32.6 Å². The first kappa shape index (κ1) is 13.0. The molecular weight excluding hydrogens is 224 g/mol. The Hall–Kier alpha value is -1.09. The van der Waals surface area contributed by atoms with Crippen LogP contribution in [-0.4, -0.2) is 17.9 Å². The molecule has 1 heterocycles. The Balaban J connectivity index is 3.04. The van der Waals surface area contributed by atoms with Crippen LogP contribution in [0.5, 0.6) is 0 Å². The highest BCUT2D eigenvalue weighted by atomic mass is 35.5. The molecule has 16 heavy (non-hydrogen) atoms. The topological polar surface area (TPSA) is 42.0 Å². The highest BCUT2D eigenvalue weighted by Gasteiger charge is 2.17. The van der Waals surface area contributed by atoms with Gasteiger partial charge in [-0.1, -0.05) is 32.4 Å². The molecule has 0 bridgehead atoms. The predicted molar refractivity (Wildman–Crippen MR) is 65.7 cm³/mol. The Bertz CT molecular complexity index is 396. The molecular formula is C12H17ClN2O. The third kappa shape index (κ3) is 3.49. The van der Waals surface area contributed by atoms with E-state index in [4.69, 9.17) is 11.6 Å². The Morgan fingerprint density at radius 1 is 1.44 bits per heavy atom. The maximum Gasteiger partial charge on any atom is 0.225 e. The molecule has 1 amide bonds. The van der Waals surface area contributed by atoms with E-state index in [1.807, 2.05) is 6.07 Å². The van der Waals surface area contributed by atoms with Gasteiger partial charge in [0.2, 0.25) is 5.91 Å². The van der Waals surface area contributed by atoms with Crippen LogP contribution in [0.15, 0.2) is 12.1 Å². The van der Waals surface area contributed by atoms with Gasteiger partial charge >= 0.3 is 0 Å². The van der Waals surface area contributed by atoms with E-state index in [0.717, 1.165) is 5.69 Å². The number of hydrogen-bond donors (Lipinski definition) is 1. The number of rotatable bonds is 2. The van der Waals surface area contributed by atoms with Crippen molar-refractivity contribution in [1.29, 1.82) is 0 Å². The third-order valence-corrected chi connectivity index (χ3v) is 2.45. The molecule has 0 radical (unpaired) electrons. The van der Waals surface area contributed by atoms with E-state index in [-0.39, 0.29) is 17.7 Å². The molecule has 1 N–H and O–H groups in total. The molecule has 0 unspecified atom stereocenters. The summed E-state index contributed by atoms with van der Waals surface area (Å²) >= 11 is 6.01. The highest BCUT2D eigenvalue weighted by molar-refractivity contribution is 6.30. The van der Waals surface area contributed by atoms with Crippen LogP contribution in [0.2, 0.25) is 5.02 Å². The minimum absolute atomic E-state index is 0.0605. The summed E-state index contributed by atoms with van der Waals surface area (Å²) < 4.78 is 0. The zero-order valence-electron chi connectivity index (χ0n) is 10.1. The van der Waals surface area contributed by atoms with E-state index >= 15 is 0 Å². The van der Waals surface area contributed by atoms with Gasteiger partial charge in [0, 0.05) is 23.2 Å². The summed E-state index contributed by atoms with van der Waals surface area (Å²) in [5.74, 6) is -0.0605. The lowest BCUT2D eigenvalue weighted by Gasteiger charge is -2.18. The number of nitrogens with zero attached hydrogens (tertiary/aromatic N) is 1. The lowest BCUT2D eigenvalue weighted by Crippen LogP contribution is -2.22. The van der Waals surface area contributed by atoms with Gasteiger partial charge in [0.05, 0.1) is 12.1 Å². The van der Waals surface area contributed by atoms with Gasteiger partial charge in [-0.25, -0.2) is 0 Å². The third-order valence-electron chi connectivity index (χ3n) is 2.23. The lowest BCUT2D eigenvalue weighted by molar-refractivity contribution is -0.120. The fourth-order valence-electron chi connectivity index (χ4n) is 1.28. The molecule has 88 valence electrons. The van der Waals surface area contributed by atoms with Crippen LogP contribution >= 0.6 is 11.6 Å². The molecule has 4 heteroatoms. The smallest absolute Gasteiger partial charge is 0.225 e. The molecule has 0 aromatic carbocycles. The summed E-state index contributed by atoms with van der Waals surface area (Å²) in [4.78, 5) is 15.7. The zero-order chi connectivity index (χ0) is 12.3. The van der Waals surface area contributed by atoms with E-state index in [9.17, 15) is 4.79 Å². The lowest BCUT2D eigenvalue weighted by atomic mass is 9.91. The summed E-state index contributed by atoms with van der Waals surface area (Å²) in [6.07, 6.45) is 0.264. The predicted octanol–water partition coefficient (Wildman–Crippen LogP) is 2.32.